The van der Waals surface area contributed by atoms with E-state index < -0.39 is 0 Å². The third-order valence-electron chi connectivity index (χ3n) is 1.72. The summed E-state index contributed by atoms with van der Waals surface area (Å²) < 4.78 is 0. The average molecular weight is 164 g/mol. The van der Waals surface area contributed by atoms with Crippen molar-refractivity contribution in [1.82, 2.24) is 0 Å². The molecule has 0 aliphatic heterocycles. The first kappa shape index (κ1) is 8.41. The number of rotatable bonds is 3. The summed E-state index contributed by atoms with van der Waals surface area (Å²) in [6, 6.07) is 8.56. The summed E-state index contributed by atoms with van der Waals surface area (Å²) in [5, 5.41) is 1.77. The molecule has 0 fully saturated rings. The van der Waals surface area contributed by atoms with Crippen LogP contribution in [0.3, 0.4) is 0 Å². The maximum absolute atomic E-state index is 4.79. The monoisotopic (exact) mass is 164 g/mol. The molecule has 0 N–H and O–H groups in total. The fourth-order valence-electron chi connectivity index (χ4n) is 1.07. The van der Waals surface area contributed by atoms with E-state index in [4.69, 9.17) is 12.2 Å². The molecule has 0 aromatic heterocycles. The van der Waals surface area contributed by atoms with Gasteiger partial charge in [0, 0.05) is 6.42 Å². The number of hydrogen-bond acceptors (Lipinski definition) is 1. The molecule has 0 amide bonds. The van der Waals surface area contributed by atoms with Crippen LogP contribution in [0.15, 0.2) is 24.3 Å². The van der Waals surface area contributed by atoms with Crippen molar-refractivity contribution in [2.45, 2.75) is 19.8 Å². The van der Waals surface area contributed by atoms with E-state index in [1.807, 2.05) is 0 Å². The summed E-state index contributed by atoms with van der Waals surface area (Å²) in [6.45, 7) is 2.16. The van der Waals surface area contributed by atoms with Gasteiger partial charge in [-0.3, -0.25) is 0 Å². The highest BCUT2D eigenvalue weighted by molar-refractivity contribution is 7.78. The summed E-state index contributed by atoms with van der Waals surface area (Å²) in [5.74, 6) is 0. The molecule has 0 unspecified atom stereocenters. The molecule has 58 valence electrons. The zero-order chi connectivity index (χ0) is 8.10. The molecule has 1 heteroatoms. The maximum atomic E-state index is 4.79. The van der Waals surface area contributed by atoms with E-state index in [1.54, 1.807) is 5.37 Å². The van der Waals surface area contributed by atoms with E-state index >= 15 is 0 Å². The lowest BCUT2D eigenvalue weighted by Crippen LogP contribution is -1.86. The van der Waals surface area contributed by atoms with Crippen LogP contribution < -0.4 is 0 Å². The molecule has 0 radical (unpaired) electrons. The second-order valence-corrected chi connectivity index (χ2v) is 2.88. The van der Waals surface area contributed by atoms with Gasteiger partial charge in [0.1, 0.15) is 0 Å². The minimum atomic E-state index is 0.906. The summed E-state index contributed by atoms with van der Waals surface area (Å²) in [6.07, 6.45) is 2.01. The normalized spacial score (nSPS) is 9.55. The molecule has 0 aliphatic carbocycles. The zero-order valence-corrected chi connectivity index (χ0v) is 7.53. The van der Waals surface area contributed by atoms with Gasteiger partial charge in [-0.1, -0.05) is 43.4 Å². The highest BCUT2D eigenvalue weighted by Crippen LogP contribution is 2.05. The number of hydrogen-bond donors (Lipinski definition) is 0. The fourth-order valence-corrected chi connectivity index (χ4v) is 1.27. The van der Waals surface area contributed by atoms with Crippen LogP contribution in [0.2, 0.25) is 0 Å². The van der Waals surface area contributed by atoms with Gasteiger partial charge in [0.05, 0.1) is 0 Å². The molecule has 1 aromatic rings. The second kappa shape index (κ2) is 4.24. The smallest absolute Gasteiger partial charge is 0.000784 e. The van der Waals surface area contributed by atoms with Crippen molar-refractivity contribution >= 4 is 17.6 Å². The lowest BCUT2D eigenvalue weighted by atomic mass is 10.1. The van der Waals surface area contributed by atoms with Crippen LogP contribution in [0.1, 0.15) is 18.1 Å². The van der Waals surface area contributed by atoms with E-state index in [0.717, 1.165) is 12.8 Å². The van der Waals surface area contributed by atoms with Gasteiger partial charge in [0.15, 0.2) is 0 Å². The Morgan fingerprint density at radius 1 is 1.36 bits per heavy atom. The van der Waals surface area contributed by atoms with Gasteiger partial charge in [0.25, 0.3) is 0 Å². The number of benzene rings is 1. The molecule has 0 spiro atoms. The van der Waals surface area contributed by atoms with Crippen LogP contribution in [0.25, 0.3) is 0 Å². The Morgan fingerprint density at radius 2 is 2.09 bits per heavy atom. The third kappa shape index (κ3) is 2.43. The zero-order valence-electron chi connectivity index (χ0n) is 6.71. The molecule has 1 rings (SSSR count). The average Bonchev–Trinajstić information content (AvgIpc) is 2.06. The van der Waals surface area contributed by atoms with Crippen LogP contribution in [0.5, 0.6) is 0 Å². The standard InChI is InChI=1S/C10H12S/c1-2-9-4-3-5-10(8-9)6-7-11/h3-5,7-8H,2,6H2,1H3. The number of thiocarbonyl (C=S) groups is 1. The van der Waals surface area contributed by atoms with Crippen LogP contribution in [0, 0.1) is 0 Å². The Bertz CT molecular complexity index is 240. The van der Waals surface area contributed by atoms with Gasteiger partial charge in [-0.05, 0) is 22.9 Å². The van der Waals surface area contributed by atoms with Crippen molar-refractivity contribution in [3.63, 3.8) is 0 Å². The Morgan fingerprint density at radius 3 is 2.73 bits per heavy atom. The molecular formula is C10H12S. The third-order valence-corrected chi connectivity index (χ3v) is 1.89. The molecule has 0 atom stereocenters. The quantitative estimate of drug-likeness (QED) is 0.619. The molecule has 0 saturated carbocycles. The first-order valence-electron chi connectivity index (χ1n) is 3.88. The van der Waals surface area contributed by atoms with Crippen LogP contribution in [-0.4, -0.2) is 5.37 Å². The van der Waals surface area contributed by atoms with E-state index in [2.05, 4.69) is 31.2 Å². The Hall–Kier alpha value is -0.690. The van der Waals surface area contributed by atoms with Gasteiger partial charge in [-0.2, -0.15) is 0 Å². The molecule has 11 heavy (non-hydrogen) atoms. The van der Waals surface area contributed by atoms with Gasteiger partial charge in [-0.15, -0.1) is 0 Å². The predicted molar refractivity (Wildman–Crippen MR) is 53.2 cm³/mol. The molecule has 0 aliphatic rings. The van der Waals surface area contributed by atoms with Gasteiger partial charge >= 0.3 is 0 Å². The summed E-state index contributed by atoms with van der Waals surface area (Å²) in [7, 11) is 0. The van der Waals surface area contributed by atoms with Crippen LogP contribution >= 0.6 is 12.2 Å². The largest absolute Gasteiger partial charge is 0.0931 e. The Labute approximate surface area is 73.2 Å². The Balaban J connectivity index is 2.82. The van der Waals surface area contributed by atoms with E-state index in [9.17, 15) is 0 Å². The van der Waals surface area contributed by atoms with Crippen LogP contribution in [0.4, 0.5) is 0 Å². The van der Waals surface area contributed by atoms with E-state index in [1.165, 1.54) is 11.1 Å². The molecule has 1 aromatic carbocycles. The maximum Gasteiger partial charge on any atom is 0.000784 e. The molecule has 0 heterocycles. The lowest BCUT2D eigenvalue weighted by Gasteiger charge is -1.98. The SMILES string of the molecule is CCc1cccc(CC=S)c1. The second-order valence-electron chi connectivity index (χ2n) is 2.54. The van der Waals surface area contributed by atoms with Crippen molar-refractivity contribution in [3.05, 3.63) is 35.4 Å². The molecular weight excluding hydrogens is 152 g/mol. The van der Waals surface area contributed by atoms with Crippen molar-refractivity contribution < 1.29 is 0 Å². The molecule has 0 bridgehead atoms. The lowest BCUT2D eigenvalue weighted by molar-refractivity contribution is 1.13. The highest BCUT2D eigenvalue weighted by atomic mass is 32.1. The van der Waals surface area contributed by atoms with Crippen molar-refractivity contribution in [2.24, 2.45) is 0 Å². The van der Waals surface area contributed by atoms with E-state index in [0.29, 0.717) is 0 Å². The fraction of sp³-hybridized carbons (Fsp3) is 0.300. The van der Waals surface area contributed by atoms with Crippen LogP contribution in [-0.2, 0) is 12.8 Å². The predicted octanol–water partition coefficient (Wildman–Crippen LogP) is 2.79. The van der Waals surface area contributed by atoms with Gasteiger partial charge in [0.2, 0.25) is 0 Å². The van der Waals surface area contributed by atoms with Gasteiger partial charge in [-0.25, -0.2) is 0 Å². The van der Waals surface area contributed by atoms with E-state index in [-0.39, 0.29) is 0 Å². The van der Waals surface area contributed by atoms with Crippen molar-refractivity contribution in [2.75, 3.05) is 0 Å². The van der Waals surface area contributed by atoms with Crippen molar-refractivity contribution in [3.8, 4) is 0 Å². The van der Waals surface area contributed by atoms with Crippen molar-refractivity contribution in [1.29, 1.82) is 0 Å². The first-order chi connectivity index (χ1) is 5.36. The van der Waals surface area contributed by atoms with Gasteiger partial charge < -0.3 is 0 Å². The molecule has 0 nitrogen and oxygen atoms in total. The minimum Gasteiger partial charge on any atom is -0.0931 e. The number of aryl methyl sites for hydroxylation is 1. The molecule has 0 saturated heterocycles. The summed E-state index contributed by atoms with van der Waals surface area (Å²) in [4.78, 5) is 0. The minimum absolute atomic E-state index is 0.906. The topological polar surface area (TPSA) is 0 Å². The Kier molecular flexibility index (Phi) is 3.24. The summed E-state index contributed by atoms with van der Waals surface area (Å²) >= 11 is 4.79. The first-order valence-corrected chi connectivity index (χ1v) is 4.35. The highest BCUT2D eigenvalue weighted by Gasteiger charge is 1.90. The summed E-state index contributed by atoms with van der Waals surface area (Å²) in [5.41, 5.74) is 2.71.